The summed E-state index contributed by atoms with van der Waals surface area (Å²) in [6, 6.07) is 8.44. The van der Waals surface area contributed by atoms with E-state index in [1.807, 2.05) is 0 Å². The van der Waals surface area contributed by atoms with Crippen molar-refractivity contribution in [3.63, 3.8) is 0 Å². The van der Waals surface area contributed by atoms with Crippen LogP contribution in [-0.4, -0.2) is 20.4 Å². The fraction of sp³-hybridized carbons (Fsp3) is 0. The predicted molar refractivity (Wildman–Crippen MR) is 62.8 cm³/mol. The maximum atomic E-state index is 9.55. The smallest absolute Gasteiger partial charge is 0.161 e. The van der Waals surface area contributed by atoms with Gasteiger partial charge in [-0.25, -0.2) is 0 Å². The first-order chi connectivity index (χ1) is 8.06. The zero-order chi connectivity index (χ0) is 12.4. The summed E-state index contributed by atoms with van der Waals surface area (Å²) >= 11 is 0. The molecule has 0 aliphatic carbocycles. The minimum Gasteiger partial charge on any atom is -0.508 e. The average molecular weight is 233 g/mol. The van der Waals surface area contributed by atoms with Gasteiger partial charge in [-0.2, -0.15) is 0 Å². The van der Waals surface area contributed by atoms with Crippen LogP contribution >= 0.6 is 0 Å². The van der Waals surface area contributed by atoms with Gasteiger partial charge in [-0.3, -0.25) is 0 Å². The molecule has 0 amide bonds. The van der Waals surface area contributed by atoms with Gasteiger partial charge in [0.25, 0.3) is 0 Å². The molecule has 2 rings (SSSR count). The number of phenols is 4. The SMILES string of the molecule is Oc1ccc(Nc2cc(O)c(O)cc2O)cc1. The van der Waals surface area contributed by atoms with Gasteiger partial charge in [0, 0.05) is 17.8 Å². The Bertz CT molecular complexity index is 537. The summed E-state index contributed by atoms with van der Waals surface area (Å²) < 4.78 is 0. The van der Waals surface area contributed by atoms with Crippen LogP contribution in [0.25, 0.3) is 0 Å². The van der Waals surface area contributed by atoms with Gasteiger partial charge in [-0.15, -0.1) is 0 Å². The number of phenolic OH excluding ortho intramolecular Hbond substituents is 4. The number of nitrogens with one attached hydrogen (secondary N) is 1. The molecule has 0 spiro atoms. The largest absolute Gasteiger partial charge is 0.508 e. The van der Waals surface area contributed by atoms with Crippen LogP contribution in [0.5, 0.6) is 23.0 Å². The predicted octanol–water partition coefficient (Wildman–Crippen LogP) is 2.25. The first kappa shape index (κ1) is 10.9. The van der Waals surface area contributed by atoms with Crippen molar-refractivity contribution >= 4 is 11.4 Å². The quantitative estimate of drug-likeness (QED) is 0.405. The number of aromatic hydroxyl groups is 4. The first-order valence-electron chi connectivity index (χ1n) is 4.87. The second-order valence-corrected chi connectivity index (χ2v) is 3.53. The van der Waals surface area contributed by atoms with E-state index < -0.39 is 5.75 Å². The summed E-state index contributed by atoms with van der Waals surface area (Å²) in [5.74, 6) is -0.774. The Morgan fingerprint density at radius 1 is 0.706 bits per heavy atom. The van der Waals surface area contributed by atoms with Crippen LogP contribution in [0, 0.1) is 0 Å². The van der Waals surface area contributed by atoms with Gasteiger partial charge in [0.1, 0.15) is 11.5 Å². The van der Waals surface area contributed by atoms with E-state index in [2.05, 4.69) is 5.32 Å². The number of rotatable bonds is 2. The fourth-order valence-corrected chi connectivity index (χ4v) is 1.37. The van der Waals surface area contributed by atoms with Gasteiger partial charge < -0.3 is 25.7 Å². The highest BCUT2D eigenvalue weighted by Gasteiger charge is 2.07. The highest BCUT2D eigenvalue weighted by atomic mass is 16.3. The summed E-state index contributed by atoms with van der Waals surface area (Å²) in [5, 5.41) is 40.0. The molecule has 0 heterocycles. The molecule has 5 nitrogen and oxygen atoms in total. The van der Waals surface area contributed by atoms with Crippen LogP contribution in [-0.2, 0) is 0 Å². The summed E-state index contributed by atoms with van der Waals surface area (Å²) in [4.78, 5) is 0. The number of benzene rings is 2. The summed E-state index contributed by atoms with van der Waals surface area (Å²) in [5.41, 5.74) is 0.883. The van der Waals surface area contributed by atoms with Crippen LogP contribution in [0.4, 0.5) is 11.4 Å². The number of anilines is 2. The third-order valence-electron chi connectivity index (χ3n) is 2.24. The topological polar surface area (TPSA) is 93.0 Å². The molecule has 0 radical (unpaired) electrons. The van der Waals surface area contributed by atoms with Crippen molar-refractivity contribution in [2.45, 2.75) is 0 Å². The van der Waals surface area contributed by atoms with Crippen molar-refractivity contribution < 1.29 is 20.4 Å². The van der Waals surface area contributed by atoms with Gasteiger partial charge in [-0.1, -0.05) is 0 Å². The molecule has 2 aromatic rings. The molecule has 0 aliphatic rings. The Morgan fingerprint density at radius 3 is 1.94 bits per heavy atom. The van der Waals surface area contributed by atoms with Crippen molar-refractivity contribution in [2.75, 3.05) is 5.32 Å². The Hall–Kier alpha value is -2.56. The minimum absolute atomic E-state index is 0.133. The van der Waals surface area contributed by atoms with Gasteiger partial charge in [0.2, 0.25) is 0 Å². The van der Waals surface area contributed by atoms with Crippen LogP contribution in [0.3, 0.4) is 0 Å². The Balaban J connectivity index is 2.30. The first-order valence-corrected chi connectivity index (χ1v) is 4.87. The number of hydrogen-bond donors (Lipinski definition) is 5. The molecule has 5 N–H and O–H groups in total. The van der Waals surface area contributed by atoms with E-state index >= 15 is 0 Å². The zero-order valence-corrected chi connectivity index (χ0v) is 8.75. The number of hydrogen-bond acceptors (Lipinski definition) is 5. The van der Waals surface area contributed by atoms with E-state index in [-0.39, 0.29) is 22.9 Å². The van der Waals surface area contributed by atoms with E-state index in [0.717, 1.165) is 6.07 Å². The van der Waals surface area contributed by atoms with Crippen LogP contribution < -0.4 is 5.32 Å². The monoisotopic (exact) mass is 233 g/mol. The lowest BCUT2D eigenvalue weighted by atomic mass is 10.2. The third kappa shape index (κ3) is 2.34. The molecule has 0 saturated carbocycles. The average Bonchev–Trinajstić information content (AvgIpc) is 2.29. The van der Waals surface area contributed by atoms with E-state index in [1.165, 1.54) is 18.2 Å². The molecular weight excluding hydrogens is 222 g/mol. The normalized spacial score (nSPS) is 10.1. The molecule has 0 atom stereocenters. The molecule has 17 heavy (non-hydrogen) atoms. The lowest BCUT2D eigenvalue weighted by Gasteiger charge is -2.09. The van der Waals surface area contributed by atoms with Gasteiger partial charge >= 0.3 is 0 Å². The minimum atomic E-state index is -0.390. The van der Waals surface area contributed by atoms with E-state index in [0.29, 0.717) is 5.69 Å². The molecule has 0 bridgehead atoms. The molecule has 0 aromatic heterocycles. The Kier molecular flexibility index (Phi) is 2.66. The highest BCUT2D eigenvalue weighted by molar-refractivity contribution is 5.70. The van der Waals surface area contributed by atoms with Crippen LogP contribution in [0.1, 0.15) is 0 Å². The summed E-state index contributed by atoms with van der Waals surface area (Å²) in [7, 11) is 0. The highest BCUT2D eigenvalue weighted by Crippen LogP contribution is 2.37. The van der Waals surface area contributed by atoms with Crippen molar-refractivity contribution in [1.29, 1.82) is 0 Å². The van der Waals surface area contributed by atoms with E-state index in [9.17, 15) is 10.2 Å². The standard InChI is InChI=1S/C12H11NO4/c14-8-3-1-7(2-4-8)13-9-5-11(16)12(17)6-10(9)15/h1-6,13-17H. The second kappa shape index (κ2) is 4.13. The van der Waals surface area contributed by atoms with Crippen LogP contribution in [0.2, 0.25) is 0 Å². The Morgan fingerprint density at radius 2 is 1.29 bits per heavy atom. The van der Waals surface area contributed by atoms with E-state index in [1.54, 1.807) is 12.1 Å². The van der Waals surface area contributed by atoms with Crippen molar-refractivity contribution in [2.24, 2.45) is 0 Å². The van der Waals surface area contributed by atoms with E-state index in [4.69, 9.17) is 10.2 Å². The van der Waals surface area contributed by atoms with Crippen molar-refractivity contribution in [1.82, 2.24) is 0 Å². The maximum absolute atomic E-state index is 9.55. The Labute approximate surface area is 97.2 Å². The van der Waals surface area contributed by atoms with Gasteiger partial charge in [0.15, 0.2) is 11.5 Å². The lowest BCUT2D eigenvalue weighted by molar-refractivity contribution is 0.397. The molecule has 2 aromatic carbocycles. The second-order valence-electron chi connectivity index (χ2n) is 3.53. The molecule has 0 saturated heterocycles. The molecule has 88 valence electrons. The molecule has 5 heteroatoms. The molecular formula is C12H11NO4. The fourth-order valence-electron chi connectivity index (χ4n) is 1.37. The van der Waals surface area contributed by atoms with Gasteiger partial charge in [0.05, 0.1) is 5.69 Å². The third-order valence-corrected chi connectivity index (χ3v) is 2.24. The van der Waals surface area contributed by atoms with Gasteiger partial charge in [-0.05, 0) is 24.3 Å². The molecule has 0 unspecified atom stereocenters. The van der Waals surface area contributed by atoms with Crippen LogP contribution in [0.15, 0.2) is 36.4 Å². The van der Waals surface area contributed by atoms with Crippen molar-refractivity contribution in [3.05, 3.63) is 36.4 Å². The molecule has 0 aliphatic heterocycles. The summed E-state index contributed by atoms with van der Waals surface area (Å²) in [6.07, 6.45) is 0. The zero-order valence-electron chi connectivity index (χ0n) is 8.75. The summed E-state index contributed by atoms with van der Waals surface area (Å²) in [6.45, 7) is 0. The molecule has 0 fully saturated rings. The maximum Gasteiger partial charge on any atom is 0.161 e. The van der Waals surface area contributed by atoms with Crippen molar-refractivity contribution in [3.8, 4) is 23.0 Å². The lowest BCUT2D eigenvalue weighted by Crippen LogP contribution is -1.90.